The Bertz CT molecular complexity index is 476. The van der Waals surface area contributed by atoms with Crippen LogP contribution in [0.5, 0.6) is 5.75 Å². The molecule has 4 nitrogen and oxygen atoms in total. The van der Waals surface area contributed by atoms with Crippen molar-refractivity contribution in [1.29, 1.82) is 0 Å². The highest BCUT2D eigenvalue weighted by atomic mass is 35.5. The molecule has 0 radical (unpaired) electrons. The van der Waals surface area contributed by atoms with E-state index >= 15 is 0 Å². The molecule has 0 bridgehead atoms. The van der Waals surface area contributed by atoms with Gasteiger partial charge in [0.2, 0.25) is 5.91 Å². The summed E-state index contributed by atoms with van der Waals surface area (Å²) in [4.78, 5) is 12.1. The quantitative estimate of drug-likeness (QED) is 0.802. The third-order valence-corrected chi connectivity index (χ3v) is 4.32. The molecule has 0 saturated carbocycles. The van der Waals surface area contributed by atoms with Gasteiger partial charge in [0.25, 0.3) is 0 Å². The first-order chi connectivity index (χ1) is 10.7. The number of rotatable bonds is 7. The van der Waals surface area contributed by atoms with Gasteiger partial charge in [0.15, 0.2) is 0 Å². The van der Waals surface area contributed by atoms with Crippen LogP contribution < -0.4 is 15.4 Å². The maximum Gasteiger partial charge on any atom is 0.220 e. The van der Waals surface area contributed by atoms with Crippen molar-refractivity contribution in [3.8, 4) is 5.75 Å². The van der Waals surface area contributed by atoms with Crippen LogP contribution in [-0.4, -0.2) is 32.1 Å². The monoisotopic (exact) mass is 340 g/mol. The second-order valence-electron chi connectivity index (χ2n) is 6.26. The van der Waals surface area contributed by atoms with E-state index in [9.17, 15) is 4.79 Å². The fraction of sp³-hybridized carbons (Fsp3) is 0.611. The van der Waals surface area contributed by atoms with Crippen molar-refractivity contribution in [3.05, 3.63) is 29.8 Å². The zero-order valence-corrected chi connectivity index (χ0v) is 15.0. The number of ether oxygens (including phenoxy) is 1. The molecule has 2 rings (SSSR count). The number of carbonyl (C=O) groups excluding carboxylic acids is 1. The summed E-state index contributed by atoms with van der Waals surface area (Å²) in [5, 5.41) is 6.47. The normalized spacial score (nSPS) is 16.3. The van der Waals surface area contributed by atoms with Crippen LogP contribution in [0.15, 0.2) is 24.3 Å². The lowest BCUT2D eigenvalue weighted by Gasteiger charge is -2.22. The Morgan fingerprint density at radius 2 is 2.13 bits per heavy atom. The second-order valence-corrected chi connectivity index (χ2v) is 6.26. The van der Waals surface area contributed by atoms with Crippen LogP contribution >= 0.6 is 12.4 Å². The van der Waals surface area contributed by atoms with Gasteiger partial charge in [-0.3, -0.25) is 4.79 Å². The summed E-state index contributed by atoms with van der Waals surface area (Å²) in [6, 6.07) is 8.16. The van der Waals surface area contributed by atoms with Gasteiger partial charge in [-0.15, -0.1) is 12.4 Å². The zero-order chi connectivity index (χ0) is 15.8. The minimum Gasteiger partial charge on any atom is -0.497 e. The first-order valence-corrected chi connectivity index (χ1v) is 8.30. The highest BCUT2D eigenvalue weighted by Crippen LogP contribution is 2.18. The molecule has 1 fully saturated rings. The first-order valence-electron chi connectivity index (χ1n) is 8.30. The summed E-state index contributed by atoms with van der Waals surface area (Å²) in [6.07, 6.45) is 4.89. The van der Waals surface area contributed by atoms with E-state index in [0.717, 1.165) is 31.7 Å². The Morgan fingerprint density at radius 1 is 1.39 bits per heavy atom. The van der Waals surface area contributed by atoms with Crippen LogP contribution in [0.3, 0.4) is 0 Å². The zero-order valence-electron chi connectivity index (χ0n) is 14.1. The number of piperidine rings is 1. The first kappa shape index (κ1) is 19.8. The lowest BCUT2D eigenvalue weighted by atomic mass is 9.93. The van der Waals surface area contributed by atoms with Crippen LogP contribution in [0.1, 0.15) is 38.2 Å². The Balaban J connectivity index is 0.00000264. The van der Waals surface area contributed by atoms with Crippen molar-refractivity contribution in [2.45, 2.75) is 45.1 Å². The van der Waals surface area contributed by atoms with Crippen LogP contribution in [0, 0.1) is 5.92 Å². The van der Waals surface area contributed by atoms with Gasteiger partial charge in [0.1, 0.15) is 5.75 Å². The van der Waals surface area contributed by atoms with Crippen molar-refractivity contribution in [3.63, 3.8) is 0 Å². The number of carbonyl (C=O) groups is 1. The van der Waals surface area contributed by atoms with E-state index in [1.165, 1.54) is 18.4 Å². The smallest absolute Gasteiger partial charge is 0.220 e. The fourth-order valence-corrected chi connectivity index (χ4v) is 3.06. The van der Waals surface area contributed by atoms with Crippen molar-refractivity contribution in [2.75, 3.05) is 20.2 Å². The van der Waals surface area contributed by atoms with Crippen molar-refractivity contribution < 1.29 is 9.53 Å². The summed E-state index contributed by atoms with van der Waals surface area (Å²) >= 11 is 0. The molecule has 0 aliphatic carbocycles. The van der Waals surface area contributed by atoms with Gasteiger partial charge in [-0.2, -0.15) is 0 Å². The van der Waals surface area contributed by atoms with Gasteiger partial charge in [0, 0.05) is 12.5 Å². The highest BCUT2D eigenvalue weighted by Gasteiger charge is 2.15. The number of methoxy groups -OCH3 is 1. The Hall–Kier alpha value is -1.26. The minimum atomic E-state index is 0. The summed E-state index contributed by atoms with van der Waals surface area (Å²) in [7, 11) is 1.67. The molecule has 1 aliphatic heterocycles. The van der Waals surface area contributed by atoms with E-state index in [-0.39, 0.29) is 24.4 Å². The third kappa shape index (κ3) is 7.23. The van der Waals surface area contributed by atoms with E-state index in [0.29, 0.717) is 12.3 Å². The van der Waals surface area contributed by atoms with Crippen LogP contribution in [0.4, 0.5) is 0 Å². The molecule has 1 unspecified atom stereocenters. The fourth-order valence-electron chi connectivity index (χ4n) is 3.06. The van der Waals surface area contributed by atoms with E-state index in [4.69, 9.17) is 4.74 Å². The van der Waals surface area contributed by atoms with E-state index < -0.39 is 0 Å². The predicted molar refractivity (Wildman–Crippen MR) is 96.4 cm³/mol. The number of nitrogens with one attached hydrogen (secondary N) is 2. The SMILES string of the molecule is COc1cccc(CC(C)NC(=O)CCC2CCNCC2)c1.Cl. The second kappa shape index (κ2) is 10.5. The van der Waals surface area contributed by atoms with Gasteiger partial charge < -0.3 is 15.4 Å². The molecule has 1 heterocycles. The molecule has 1 saturated heterocycles. The minimum absolute atomic E-state index is 0. The molecule has 0 aromatic heterocycles. The molecule has 23 heavy (non-hydrogen) atoms. The molecule has 1 atom stereocenters. The highest BCUT2D eigenvalue weighted by molar-refractivity contribution is 5.85. The summed E-state index contributed by atoms with van der Waals surface area (Å²) in [6.45, 7) is 4.25. The lowest BCUT2D eigenvalue weighted by molar-refractivity contribution is -0.122. The van der Waals surface area contributed by atoms with Crippen LogP contribution in [-0.2, 0) is 11.2 Å². The van der Waals surface area contributed by atoms with Crippen LogP contribution in [0.25, 0.3) is 0 Å². The largest absolute Gasteiger partial charge is 0.497 e. The van der Waals surface area contributed by atoms with Crippen molar-refractivity contribution in [1.82, 2.24) is 10.6 Å². The molecule has 0 spiro atoms. The maximum absolute atomic E-state index is 12.1. The number of halogens is 1. The maximum atomic E-state index is 12.1. The average molecular weight is 341 g/mol. The molecule has 1 amide bonds. The Labute approximate surface area is 145 Å². The van der Waals surface area contributed by atoms with Gasteiger partial charge in [-0.25, -0.2) is 0 Å². The molecular formula is C18H29ClN2O2. The Kier molecular flexibility index (Phi) is 9.03. The molecule has 1 aromatic carbocycles. The number of hydrogen-bond acceptors (Lipinski definition) is 3. The van der Waals surface area contributed by atoms with Gasteiger partial charge >= 0.3 is 0 Å². The summed E-state index contributed by atoms with van der Waals surface area (Å²) in [5.74, 6) is 1.75. The molecule has 130 valence electrons. The van der Waals surface area contributed by atoms with Crippen molar-refractivity contribution in [2.24, 2.45) is 5.92 Å². The summed E-state index contributed by atoms with van der Waals surface area (Å²) < 4.78 is 5.23. The topological polar surface area (TPSA) is 50.4 Å². The van der Waals surface area contributed by atoms with Crippen molar-refractivity contribution >= 4 is 18.3 Å². The molecule has 1 aromatic rings. The van der Waals surface area contributed by atoms with Gasteiger partial charge in [0.05, 0.1) is 7.11 Å². The van der Waals surface area contributed by atoms with Gasteiger partial charge in [-0.1, -0.05) is 12.1 Å². The lowest BCUT2D eigenvalue weighted by Crippen LogP contribution is -2.35. The molecule has 5 heteroatoms. The number of amides is 1. The van der Waals surface area contributed by atoms with Crippen LogP contribution in [0.2, 0.25) is 0 Å². The molecule has 2 N–H and O–H groups in total. The standard InChI is InChI=1S/C18H28N2O2.ClH/c1-14(12-16-4-3-5-17(13-16)22-2)20-18(21)7-6-15-8-10-19-11-9-15;/h3-5,13-15,19H,6-12H2,1-2H3,(H,20,21);1H. The van der Waals surface area contributed by atoms with E-state index in [1.807, 2.05) is 18.2 Å². The predicted octanol–water partition coefficient (Wildman–Crippen LogP) is 2.94. The van der Waals surface area contributed by atoms with E-state index in [2.05, 4.69) is 23.6 Å². The molecule has 1 aliphatic rings. The summed E-state index contributed by atoms with van der Waals surface area (Å²) in [5.41, 5.74) is 1.19. The number of hydrogen-bond donors (Lipinski definition) is 2. The number of benzene rings is 1. The third-order valence-electron chi connectivity index (χ3n) is 4.32. The molecular weight excluding hydrogens is 312 g/mol. The van der Waals surface area contributed by atoms with Gasteiger partial charge in [-0.05, 0) is 69.3 Å². The van der Waals surface area contributed by atoms with E-state index in [1.54, 1.807) is 7.11 Å². The Morgan fingerprint density at radius 3 is 2.83 bits per heavy atom. The average Bonchev–Trinajstić information content (AvgIpc) is 2.54.